The van der Waals surface area contributed by atoms with Gasteiger partial charge >= 0.3 is 11.9 Å². The lowest BCUT2D eigenvalue weighted by molar-refractivity contribution is -0.159. The van der Waals surface area contributed by atoms with Crippen molar-refractivity contribution in [2.45, 2.75) is 201 Å². The van der Waals surface area contributed by atoms with Crippen LogP contribution < -0.4 is 5.32 Å². The molecule has 42 heavy (non-hydrogen) atoms. The topological polar surface area (TPSA) is 98.8 Å². The van der Waals surface area contributed by atoms with Crippen molar-refractivity contribution in [2.75, 3.05) is 0 Å². The van der Waals surface area contributed by atoms with Gasteiger partial charge in [0, 0.05) is 25.7 Å². The number of carbonyl (C=O) groups excluding carboxylic acids is 4. The van der Waals surface area contributed by atoms with Crippen molar-refractivity contribution < 1.29 is 28.7 Å². The van der Waals surface area contributed by atoms with Crippen molar-refractivity contribution in [3.63, 3.8) is 0 Å². The minimum atomic E-state index is -0.772. The Kier molecular flexibility index (Phi) is 22.5. The van der Waals surface area contributed by atoms with E-state index in [1.807, 2.05) is 27.7 Å². The summed E-state index contributed by atoms with van der Waals surface area (Å²) in [7, 11) is 0. The lowest BCUT2D eigenvalue weighted by Crippen LogP contribution is -2.44. The second kappa shape index (κ2) is 23.5. The molecule has 0 rings (SSSR count). The van der Waals surface area contributed by atoms with E-state index in [4.69, 9.17) is 9.47 Å². The number of rotatable bonds is 25. The fourth-order valence-electron chi connectivity index (χ4n) is 4.76. The number of carbonyl (C=O) groups is 4. The van der Waals surface area contributed by atoms with Crippen LogP contribution in [0.15, 0.2) is 0 Å². The molecule has 0 aliphatic heterocycles. The molecule has 0 saturated heterocycles. The molecule has 7 heteroatoms. The minimum Gasteiger partial charge on any atom is -0.460 e. The van der Waals surface area contributed by atoms with Gasteiger partial charge in [0.05, 0.1) is 0 Å². The first-order valence-electron chi connectivity index (χ1n) is 17.0. The molecule has 0 fully saturated rings. The number of ether oxygens (including phenoxy) is 2. The van der Waals surface area contributed by atoms with E-state index in [-0.39, 0.29) is 29.7 Å². The van der Waals surface area contributed by atoms with Gasteiger partial charge in [-0.2, -0.15) is 0 Å². The maximum atomic E-state index is 12.6. The van der Waals surface area contributed by atoms with E-state index < -0.39 is 17.6 Å². The highest BCUT2D eigenvalue weighted by Gasteiger charge is 2.27. The number of hydrogen-bond acceptors (Lipinski definition) is 6. The van der Waals surface area contributed by atoms with Crippen LogP contribution in [0.5, 0.6) is 0 Å². The summed E-state index contributed by atoms with van der Waals surface area (Å²) in [6, 6.07) is -0.772. The lowest BCUT2D eigenvalue weighted by Gasteiger charge is -2.24. The predicted octanol–water partition coefficient (Wildman–Crippen LogP) is 8.94. The molecule has 1 atom stereocenters. The SMILES string of the molecule is CCCCC(=O)CC[C@H](NC(=O)CCCCCCCCCCCCCCCCC(=O)OC(C)(C)C)C(=O)OC(C)(C)C. The van der Waals surface area contributed by atoms with Gasteiger partial charge in [-0.05, 0) is 67.2 Å². The van der Waals surface area contributed by atoms with Crippen LogP contribution in [0.4, 0.5) is 0 Å². The van der Waals surface area contributed by atoms with Crippen LogP contribution in [0.25, 0.3) is 0 Å². The van der Waals surface area contributed by atoms with Crippen LogP contribution in [-0.2, 0) is 28.7 Å². The number of unbranched alkanes of at least 4 members (excludes halogenated alkanes) is 14. The molecule has 1 N–H and O–H groups in total. The fraction of sp³-hybridized carbons (Fsp3) is 0.886. The molecule has 0 aromatic carbocycles. The zero-order valence-electron chi connectivity index (χ0n) is 28.4. The Labute approximate surface area is 258 Å². The number of ketones is 1. The number of hydrogen-bond donors (Lipinski definition) is 1. The molecule has 0 saturated carbocycles. The Morgan fingerprint density at radius 3 is 1.40 bits per heavy atom. The number of nitrogens with one attached hydrogen (secondary N) is 1. The van der Waals surface area contributed by atoms with Gasteiger partial charge in [0.1, 0.15) is 23.0 Å². The third-order valence-electron chi connectivity index (χ3n) is 7.00. The summed E-state index contributed by atoms with van der Waals surface area (Å²) in [4.78, 5) is 49.0. The molecule has 246 valence electrons. The average molecular weight is 596 g/mol. The van der Waals surface area contributed by atoms with Crippen molar-refractivity contribution in [1.29, 1.82) is 0 Å². The molecule has 0 unspecified atom stereocenters. The highest BCUT2D eigenvalue weighted by molar-refractivity contribution is 5.85. The third kappa shape index (κ3) is 26.9. The van der Waals surface area contributed by atoms with Gasteiger partial charge in [-0.25, -0.2) is 4.79 Å². The molecule has 0 aliphatic rings. The van der Waals surface area contributed by atoms with E-state index in [1.165, 1.54) is 57.8 Å². The standard InChI is InChI=1S/C35H65NO6/c1-8-9-24-29(37)27-28-30(33(40)42-35(5,6)7)36-31(38)25-22-20-18-16-14-12-10-11-13-15-17-19-21-23-26-32(39)41-34(2,3)4/h30H,8-28H2,1-7H3,(H,36,38)/t30-/m0/s1. The molecular weight excluding hydrogens is 530 g/mol. The Morgan fingerprint density at radius 2 is 0.976 bits per heavy atom. The zero-order chi connectivity index (χ0) is 31.9. The summed E-state index contributed by atoms with van der Waals surface area (Å²) in [6.07, 6.45) is 20.1. The monoisotopic (exact) mass is 595 g/mol. The highest BCUT2D eigenvalue weighted by atomic mass is 16.6. The van der Waals surface area contributed by atoms with E-state index in [9.17, 15) is 19.2 Å². The first kappa shape index (κ1) is 40.1. The van der Waals surface area contributed by atoms with E-state index >= 15 is 0 Å². The largest absolute Gasteiger partial charge is 0.460 e. The van der Waals surface area contributed by atoms with Gasteiger partial charge in [-0.3, -0.25) is 14.4 Å². The van der Waals surface area contributed by atoms with Crippen molar-refractivity contribution in [3.8, 4) is 0 Å². The van der Waals surface area contributed by atoms with Gasteiger partial charge in [-0.15, -0.1) is 0 Å². The molecule has 0 bridgehead atoms. The Hall–Kier alpha value is -1.92. The molecule has 0 spiro atoms. The first-order valence-corrected chi connectivity index (χ1v) is 17.0. The second-order valence-electron chi connectivity index (χ2n) is 13.9. The van der Waals surface area contributed by atoms with Crippen LogP contribution in [0.2, 0.25) is 0 Å². The summed E-state index contributed by atoms with van der Waals surface area (Å²) in [5.41, 5.74) is -1.03. The number of esters is 2. The Morgan fingerprint density at radius 1 is 0.548 bits per heavy atom. The minimum absolute atomic E-state index is 0.0834. The Bertz CT molecular complexity index is 750. The van der Waals surface area contributed by atoms with Gasteiger partial charge in [0.25, 0.3) is 0 Å². The maximum absolute atomic E-state index is 12.6. The maximum Gasteiger partial charge on any atom is 0.329 e. The molecule has 0 aromatic rings. The molecule has 0 heterocycles. The van der Waals surface area contributed by atoms with Gasteiger partial charge in [0.15, 0.2) is 0 Å². The number of Topliss-reactive ketones (excluding diaryl/α,β-unsaturated/α-hetero) is 1. The lowest BCUT2D eigenvalue weighted by atomic mass is 10.0. The molecule has 0 radical (unpaired) electrons. The number of amides is 1. The van der Waals surface area contributed by atoms with E-state index in [0.29, 0.717) is 25.7 Å². The van der Waals surface area contributed by atoms with Crippen molar-refractivity contribution >= 4 is 23.6 Å². The molecule has 0 aliphatic carbocycles. The fourth-order valence-corrected chi connectivity index (χ4v) is 4.76. The van der Waals surface area contributed by atoms with E-state index in [1.54, 1.807) is 20.8 Å². The molecule has 7 nitrogen and oxygen atoms in total. The average Bonchev–Trinajstić information content (AvgIpc) is 2.87. The van der Waals surface area contributed by atoms with Gasteiger partial charge in [-0.1, -0.05) is 90.4 Å². The van der Waals surface area contributed by atoms with Gasteiger partial charge < -0.3 is 14.8 Å². The van der Waals surface area contributed by atoms with E-state index in [2.05, 4.69) is 5.32 Å². The second-order valence-corrected chi connectivity index (χ2v) is 13.9. The van der Waals surface area contributed by atoms with Crippen LogP contribution in [0.3, 0.4) is 0 Å². The van der Waals surface area contributed by atoms with E-state index in [0.717, 1.165) is 44.9 Å². The van der Waals surface area contributed by atoms with Crippen molar-refractivity contribution in [1.82, 2.24) is 5.32 Å². The highest BCUT2D eigenvalue weighted by Crippen LogP contribution is 2.16. The quantitative estimate of drug-likeness (QED) is 0.0835. The van der Waals surface area contributed by atoms with Crippen LogP contribution >= 0.6 is 0 Å². The molecule has 1 amide bonds. The van der Waals surface area contributed by atoms with Gasteiger partial charge in [0.2, 0.25) is 5.91 Å². The first-order chi connectivity index (χ1) is 19.7. The normalized spacial score (nSPS) is 12.5. The Balaban J connectivity index is 3.85. The summed E-state index contributed by atoms with van der Waals surface area (Å²) < 4.78 is 10.8. The zero-order valence-corrected chi connectivity index (χ0v) is 28.4. The summed E-state index contributed by atoms with van der Waals surface area (Å²) in [5.74, 6) is -0.562. The summed E-state index contributed by atoms with van der Waals surface area (Å²) in [6.45, 7) is 13.2. The van der Waals surface area contributed by atoms with Crippen LogP contribution in [-0.4, -0.2) is 40.9 Å². The summed E-state index contributed by atoms with van der Waals surface area (Å²) >= 11 is 0. The van der Waals surface area contributed by atoms with Crippen LogP contribution in [0.1, 0.15) is 183 Å². The third-order valence-corrected chi connectivity index (χ3v) is 7.00. The van der Waals surface area contributed by atoms with Crippen molar-refractivity contribution in [2.24, 2.45) is 0 Å². The predicted molar refractivity (Wildman–Crippen MR) is 171 cm³/mol. The smallest absolute Gasteiger partial charge is 0.329 e. The van der Waals surface area contributed by atoms with Crippen molar-refractivity contribution in [3.05, 3.63) is 0 Å². The summed E-state index contributed by atoms with van der Waals surface area (Å²) in [5, 5.41) is 2.83. The van der Waals surface area contributed by atoms with Crippen LogP contribution in [0, 0.1) is 0 Å². The molecule has 0 aromatic heterocycles. The molecular formula is C35H65NO6.